The Labute approximate surface area is 160 Å². The smallest absolute Gasteiger partial charge is 0.407 e. The Morgan fingerprint density at radius 1 is 1.11 bits per heavy atom. The van der Waals surface area contributed by atoms with Crippen LogP contribution in [0.3, 0.4) is 0 Å². The Morgan fingerprint density at radius 3 is 2.48 bits per heavy atom. The van der Waals surface area contributed by atoms with Crippen molar-refractivity contribution in [2.24, 2.45) is 0 Å². The van der Waals surface area contributed by atoms with Gasteiger partial charge in [-0.25, -0.2) is 9.48 Å². The van der Waals surface area contributed by atoms with E-state index in [-0.39, 0.29) is 11.3 Å². The van der Waals surface area contributed by atoms with Crippen molar-refractivity contribution in [1.29, 1.82) is 0 Å². The number of hydrogen-bond donors (Lipinski definition) is 1. The summed E-state index contributed by atoms with van der Waals surface area (Å²) in [5.41, 5.74) is 0.727. The molecule has 9 nitrogen and oxygen atoms in total. The highest BCUT2D eigenvalue weighted by Gasteiger charge is 2.39. The highest BCUT2D eigenvalue weighted by Crippen LogP contribution is 2.37. The normalized spacial score (nSPS) is 26.1. The summed E-state index contributed by atoms with van der Waals surface area (Å²) in [4.78, 5) is 23.9. The second kappa shape index (κ2) is 6.49. The Bertz CT molecular complexity index is 865. The van der Waals surface area contributed by atoms with Crippen molar-refractivity contribution in [2.45, 2.75) is 43.8 Å². The second-order valence-corrected chi connectivity index (χ2v) is 7.81. The lowest BCUT2D eigenvalue weighted by Gasteiger charge is -2.35. The summed E-state index contributed by atoms with van der Waals surface area (Å²) in [5.74, 6) is 0.843. The molecule has 144 valence electrons. The fourth-order valence-electron chi connectivity index (χ4n) is 4.63. The molecule has 0 aromatic carbocycles. The third-order valence-corrected chi connectivity index (χ3v) is 6.14. The number of likely N-dealkylation sites (tertiary alicyclic amines) is 1. The first-order valence-electron chi connectivity index (χ1n) is 9.36. The highest BCUT2D eigenvalue weighted by atomic mass is 35.5. The van der Waals surface area contributed by atoms with Crippen LogP contribution in [0, 0.1) is 0 Å². The maximum absolute atomic E-state index is 11.1. The third-order valence-electron chi connectivity index (χ3n) is 5.97. The molecule has 1 N–H and O–H groups in total. The number of piperidine rings is 1. The average molecular weight is 393 g/mol. The molecule has 27 heavy (non-hydrogen) atoms. The fraction of sp³-hybridized carbons (Fsp3) is 0.647. The van der Waals surface area contributed by atoms with Gasteiger partial charge in [0.15, 0.2) is 5.65 Å². The SMILES string of the molecule is O=C(O)N1CCC(n2ncc3c(N4C5CCC4COC5)nc(Cl)nc32)CC1. The number of aromatic nitrogens is 4. The van der Waals surface area contributed by atoms with Crippen LogP contribution < -0.4 is 4.90 Å². The monoisotopic (exact) mass is 392 g/mol. The molecule has 10 heteroatoms. The molecule has 5 heterocycles. The molecule has 2 aromatic rings. The molecule has 3 fully saturated rings. The van der Waals surface area contributed by atoms with Crippen molar-refractivity contribution in [1.82, 2.24) is 24.6 Å². The molecule has 1 amide bonds. The Balaban J connectivity index is 1.50. The Kier molecular flexibility index (Phi) is 4.08. The van der Waals surface area contributed by atoms with Gasteiger partial charge in [0.2, 0.25) is 5.28 Å². The van der Waals surface area contributed by atoms with Gasteiger partial charge in [0.05, 0.1) is 42.9 Å². The molecule has 0 spiro atoms. The molecule has 3 aliphatic rings. The molecular formula is C17H21ClN6O3. The van der Waals surface area contributed by atoms with E-state index >= 15 is 0 Å². The predicted molar refractivity (Wildman–Crippen MR) is 98.3 cm³/mol. The summed E-state index contributed by atoms with van der Waals surface area (Å²) in [6, 6.07) is 0.749. The van der Waals surface area contributed by atoms with Gasteiger partial charge in [-0.15, -0.1) is 0 Å². The van der Waals surface area contributed by atoms with Gasteiger partial charge in [-0.3, -0.25) is 0 Å². The lowest BCUT2D eigenvalue weighted by atomic mass is 10.1. The summed E-state index contributed by atoms with van der Waals surface area (Å²) >= 11 is 6.28. The molecule has 3 aliphatic heterocycles. The minimum Gasteiger partial charge on any atom is -0.465 e. The molecule has 0 aliphatic carbocycles. The van der Waals surface area contributed by atoms with E-state index in [0.717, 1.165) is 29.7 Å². The zero-order chi connectivity index (χ0) is 18.5. The van der Waals surface area contributed by atoms with Gasteiger partial charge in [-0.05, 0) is 37.3 Å². The van der Waals surface area contributed by atoms with Crippen molar-refractivity contribution in [3.8, 4) is 0 Å². The third kappa shape index (κ3) is 2.80. The van der Waals surface area contributed by atoms with Gasteiger partial charge in [-0.1, -0.05) is 0 Å². The first-order valence-corrected chi connectivity index (χ1v) is 9.74. The van der Waals surface area contributed by atoms with E-state index in [2.05, 4.69) is 20.0 Å². The highest BCUT2D eigenvalue weighted by molar-refractivity contribution is 6.28. The molecule has 2 atom stereocenters. The zero-order valence-electron chi connectivity index (χ0n) is 14.8. The van der Waals surface area contributed by atoms with Crippen LogP contribution >= 0.6 is 11.6 Å². The zero-order valence-corrected chi connectivity index (χ0v) is 15.5. The number of hydrogen-bond acceptors (Lipinski definition) is 6. The average Bonchev–Trinajstić information content (AvgIpc) is 3.19. The number of anilines is 1. The maximum atomic E-state index is 11.1. The van der Waals surface area contributed by atoms with E-state index in [1.165, 1.54) is 4.90 Å². The number of carboxylic acid groups (broad SMARTS) is 1. The molecule has 0 saturated carbocycles. The number of halogens is 1. The molecule has 2 bridgehead atoms. The van der Waals surface area contributed by atoms with Crippen LogP contribution in [-0.2, 0) is 4.74 Å². The van der Waals surface area contributed by atoms with E-state index in [4.69, 9.17) is 21.4 Å². The number of carbonyl (C=O) groups is 1. The van der Waals surface area contributed by atoms with Crippen LogP contribution in [0.2, 0.25) is 5.28 Å². The summed E-state index contributed by atoms with van der Waals surface area (Å²) < 4.78 is 7.59. The molecular weight excluding hydrogens is 372 g/mol. The number of nitrogens with zero attached hydrogens (tertiary/aromatic N) is 6. The molecule has 2 aromatic heterocycles. The summed E-state index contributed by atoms with van der Waals surface area (Å²) in [6.45, 7) is 2.42. The molecule has 2 unspecified atom stereocenters. The number of amides is 1. The van der Waals surface area contributed by atoms with Gasteiger partial charge in [0.1, 0.15) is 5.82 Å². The number of ether oxygens (including phenoxy) is 1. The minimum absolute atomic E-state index is 0.110. The van der Waals surface area contributed by atoms with E-state index in [0.29, 0.717) is 51.2 Å². The lowest BCUT2D eigenvalue weighted by Crippen LogP contribution is -2.46. The maximum Gasteiger partial charge on any atom is 0.407 e. The molecule has 5 rings (SSSR count). The second-order valence-electron chi connectivity index (χ2n) is 7.47. The predicted octanol–water partition coefficient (Wildman–Crippen LogP) is 2.16. The van der Waals surface area contributed by atoms with Crippen LogP contribution in [0.5, 0.6) is 0 Å². The standard InChI is InChI=1S/C17H21ClN6O3/c18-16-20-14(23-11-1-2-12(23)9-27-8-11)13-7-19-24(15(13)21-16)10-3-5-22(6-4-10)17(25)26/h7,10-12H,1-6,8-9H2,(H,25,26). The van der Waals surface area contributed by atoms with Crippen LogP contribution in [0.25, 0.3) is 11.0 Å². The van der Waals surface area contributed by atoms with Gasteiger partial charge in [-0.2, -0.15) is 15.1 Å². The van der Waals surface area contributed by atoms with Crippen LogP contribution in [0.15, 0.2) is 6.20 Å². The van der Waals surface area contributed by atoms with Gasteiger partial charge in [0, 0.05) is 13.1 Å². The molecule has 0 radical (unpaired) electrons. The van der Waals surface area contributed by atoms with E-state index < -0.39 is 6.09 Å². The fourth-order valence-corrected chi connectivity index (χ4v) is 4.79. The first-order chi connectivity index (χ1) is 13.1. The summed E-state index contributed by atoms with van der Waals surface area (Å²) in [5, 5.41) is 14.9. The first kappa shape index (κ1) is 17.0. The number of rotatable bonds is 2. The number of fused-ring (bicyclic) bond motifs is 3. The quantitative estimate of drug-likeness (QED) is 0.782. The van der Waals surface area contributed by atoms with E-state index in [1.54, 1.807) is 0 Å². The van der Waals surface area contributed by atoms with Crippen molar-refractivity contribution in [2.75, 3.05) is 31.2 Å². The Morgan fingerprint density at radius 2 is 1.81 bits per heavy atom. The van der Waals surface area contributed by atoms with E-state index in [1.807, 2.05) is 10.9 Å². The molecule has 3 saturated heterocycles. The summed E-state index contributed by atoms with van der Waals surface area (Å²) in [7, 11) is 0. The van der Waals surface area contributed by atoms with Crippen molar-refractivity contribution in [3.05, 3.63) is 11.5 Å². The van der Waals surface area contributed by atoms with Crippen molar-refractivity contribution in [3.63, 3.8) is 0 Å². The van der Waals surface area contributed by atoms with Crippen molar-refractivity contribution >= 4 is 34.5 Å². The minimum atomic E-state index is -0.866. The van der Waals surface area contributed by atoms with Crippen LogP contribution in [-0.4, -0.2) is 74.2 Å². The van der Waals surface area contributed by atoms with E-state index in [9.17, 15) is 4.79 Å². The summed E-state index contributed by atoms with van der Waals surface area (Å²) in [6.07, 6.45) is 4.56. The van der Waals surface area contributed by atoms with Crippen LogP contribution in [0.4, 0.5) is 10.6 Å². The largest absolute Gasteiger partial charge is 0.465 e. The lowest BCUT2D eigenvalue weighted by molar-refractivity contribution is 0.0904. The van der Waals surface area contributed by atoms with Gasteiger partial charge >= 0.3 is 6.09 Å². The number of morpholine rings is 1. The van der Waals surface area contributed by atoms with Crippen LogP contribution in [0.1, 0.15) is 31.7 Å². The van der Waals surface area contributed by atoms with Crippen molar-refractivity contribution < 1.29 is 14.6 Å². The van der Waals surface area contributed by atoms with Gasteiger partial charge in [0.25, 0.3) is 0 Å². The Hall–Kier alpha value is -2.13. The van der Waals surface area contributed by atoms with Gasteiger partial charge < -0.3 is 19.6 Å². The topological polar surface area (TPSA) is 96.6 Å².